The van der Waals surface area contributed by atoms with E-state index in [4.69, 9.17) is 29.2 Å². The lowest BCUT2D eigenvalue weighted by Crippen LogP contribution is -2.09. The zero-order chi connectivity index (χ0) is 9.02. The third-order valence-corrected chi connectivity index (χ3v) is 1.75. The van der Waals surface area contributed by atoms with Crippen molar-refractivity contribution in [3.63, 3.8) is 0 Å². The summed E-state index contributed by atoms with van der Waals surface area (Å²) >= 11 is 9.65. The summed E-state index contributed by atoms with van der Waals surface area (Å²) in [6.45, 7) is 10.8. The lowest BCUT2D eigenvalue weighted by atomic mass is 10.3. The molecule has 1 nitrogen and oxygen atoms in total. The van der Waals surface area contributed by atoms with Crippen LogP contribution in [0.4, 0.5) is 0 Å². The molecule has 0 amide bonds. The second kappa shape index (κ2) is 4.36. The highest BCUT2D eigenvalue weighted by atomic mass is 32.1. The third-order valence-electron chi connectivity index (χ3n) is 0.882. The first kappa shape index (κ1) is 10.5. The summed E-state index contributed by atoms with van der Waals surface area (Å²) < 4.78 is 5.04. The molecule has 0 fully saturated rings. The first-order valence-electron chi connectivity index (χ1n) is 3.02. The van der Waals surface area contributed by atoms with Gasteiger partial charge in [0.25, 0.3) is 0 Å². The first-order chi connectivity index (χ1) is 4.95. The van der Waals surface area contributed by atoms with Crippen LogP contribution in [-0.2, 0) is 4.74 Å². The fraction of sp³-hybridized carbons (Fsp3) is 0.250. The Hall–Kier alpha value is -0.540. The van der Waals surface area contributed by atoms with Crippen LogP contribution < -0.4 is 0 Å². The van der Waals surface area contributed by atoms with Gasteiger partial charge in [-0.1, -0.05) is 13.2 Å². The number of hydrogen-bond acceptors (Lipinski definition) is 3. The number of hydrogen-bond donors (Lipinski definition) is 0. The standard InChI is InChI=1S/C8H10OS2/c1-5(2)7(10)9-8(11)6(3)4/h1,3H2,2,4H3. The van der Waals surface area contributed by atoms with Crippen molar-refractivity contribution in [1.82, 2.24) is 0 Å². The Kier molecular flexibility index (Phi) is 4.15. The molecule has 0 aliphatic heterocycles. The Morgan fingerprint density at radius 3 is 1.45 bits per heavy atom. The molecule has 0 atom stereocenters. The molecule has 0 rings (SSSR count). The van der Waals surface area contributed by atoms with Crippen LogP contribution in [0, 0.1) is 0 Å². The lowest BCUT2D eigenvalue weighted by Gasteiger charge is -2.05. The van der Waals surface area contributed by atoms with E-state index in [1.54, 1.807) is 13.8 Å². The van der Waals surface area contributed by atoms with E-state index in [1.807, 2.05) is 0 Å². The monoisotopic (exact) mass is 186 g/mol. The van der Waals surface area contributed by atoms with Crippen molar-refractivity contribution in [2.24, 2.45) is 0 Å². The molecule has 11 heavy (non-hydrogen) atoms. The minimum absolute atomic E-state index is 0.331. The molecule has 0 spiro atoms. The van der Waals surface area contributed by atoms with Crippen LogP contribution in [-0.4, -0.2) is 10.1 Å². The van der Waals surface area contributed by atoms with Gasteiger partial charge in [0.2, 0.25) is 0 Å². The van der Waals surface area contributed by atoms with Crippen molar-refractivity contribution >= 4 is 34.5 Å². The van der Waals surface area contributed by atoms with Gasteiger partial charge in [0.1, 0.15) is 0 Å². The molecular formula is C8H10OS2. The number of ether oxygens (including phenoxy) is 1. The summed E-state index contributed by atoms with van der Waals surface area (Å²) in [5.41, 5.74) is 1.40. The smallest absolute Gasteiger partial charge is 0.194 e. The van der Waals surface area contributed by atoms with Crippen molar-refractivity contribution in [2.75, 3.05) is 0 Å². The third kappa shape index (κ3) is 4.01. The van der Waals surface area contributed by atoms with Crippen LogP contribution in [0.15, 0.2) is 24.3 Å². The Morgan fingerprint density at radius 1 is 1.00 bits per heavy atom. The molecule has 0 radical (unpaired) electrons. The molecule has 0 aromatic rings. The highest BCUT2D eigenvalue weighted by Gasteiger charge is 2.03. The molecule has 0 bridgehead atoms. The summed E-state index contributed by atoms with van der Waals surface area (Å²) in [6.07, 6.45) is 0. The van der Waals surface area contributed by atoms with Crippen molar-refractivity contribution in [2.45, 2.75) is 13.8 Å². The van der Waals surface area contributed by atoms with E-state index in [-0.39, 0.29) is 0 Å². The maximum Gasteiger partial charge on any atom is 0.194 e. The Morgan fingerprint density at radius 2 is 1.27 bits per heavy atom. The average molecular weight is 186 g/mol. The molecule has 60 valence electrons. The van der Waals surface area contributed by atoms with E-state index in [2.05, 4.69) is 13.2 Å². The van der Waals surface area contributed by atoms with E-state index >= 15 is 0 Å². The first-order valence-corrected chi connectivity index (χ1v) is 3.84. The summed E-state index contributed by atoms with van der Waals surface area (Å²) in [5.74, 6) is 0. The number of rotatable bonds is 2. The lowest BCUT2D eigenvalue weighted by molar-refractivity contribution is 0.575. The topological polar surface area (TPSA) is 9.23 Å². The van der Waals surface area contributed by atoms with Gasteiger partial charge in [-0.05, 0) is 49.4 Å². The highest BCUT2D eigenvalue weighted by Crippen LogP contribution is 2.01. The Bertz CT molecular complexity index is 204. The molecule has 0 N–H and O–H groups in total. The van der Waals surface area contributed by atoms with Gasteiger partial charge < -0.3 is 4.74 Å². The maximum atomic E-state index is 5.04. The molecule has 0 aliphatic rings. The minimum atomic E-state index is 0.331. The zero-order valence-electron chi connectivity index (χ0n) is 6.64. The van der Waals surface area contributed by atoms with E-state index in [0.717, 1.165) is 0 Å². The van der Waals surface area contributed by atoms with Crippen molar-refractivity contribution in [1.29, 1.82) is 0 Å². The van der Waals surface area contributed by atoms with Crippen molar-refractivity contribution in [3.05, 3.63) is 24.3 Å². The van der Waals surface area contributed by atoms with Crippen LogP contribution in [0.2, 0.25) is 0 Å². The zero-order valence-corrected chi connectivity index (χ0v) is 8.27. The largest absolute Gasteiger partial charge is 0.434 e. The SMILES string of the molecule is C=C(C)C(=S)OC(=S)C(=C)C. The molecule has 0 saturated heterocycles. The van der Waals surface area contributed by atoms with Crippen molar-refractivity contribution < 1.29 is 4.74 Å². The molecule has 0 unspecified atom stereocenters. The fourth-order valence-corrected chi connectivity index (χ4v) is 0.478. The summed E-state index contributed by atoms with van der Waals surface area (Å²) in [4.78, 5) is 0. The van der Waals surface area contributed by atoms with E-state index in [0.29, 0.717) is 21.2 Å². The highest BCUT2D eigenvalue weighted by molar-refractivity contribution is 7.81. The molecule has 0 aliphatic carbocycles. The summed E-state index contributed by atoms with van der Waals surface area (Å²) in [5, 5.41) is 0.663. The molecular weight excluding hydrogens is 176 g/mol. The Labute approximate surface area is 77.7 Å². The van der Waals surface area contributed by atoms with Gasteiger partial charge in [0.05, 0.1) is 0 Å². The van der Waals surface area contributed by atoms with Gasteiger partial charge in [0, 0.05) is 0 Å². The van der Waals surface area contributed by atoms with Crippen LogP contribution >= 0.6 is 24.4 Å². The normalized spacial score (nSPS) is 8.55. The fourth-order valence-electron chi connectivity index (χ4n) is 0.258. The van der Waals surface area contributed by atoms with Crippen LogP contribution in [0.1, 0.15) is 13.8 Å². The van der Waals surface area contributed by atoms with E-state index in [1.165, 1.54) is 0 Å². The summed E-state index contributed by atoms with van der Waals surface area (Å²) in [6, 6.07) is 0. The van der Waals surface area contributed by atoms with E-state index < -0.39 is 0 Å². The number of thiocarbonyl (C=S) groups is 2. The second-order valence-electron chi connectivity index (χ2n) is 2.24. The second-order valence-corrected chi connectivity index (χ2v) is 2.98. The van der Waals surface area contributed by atoms with Crippen LogP contribution in [0.25, 0.3) is 0 Å². The van der Waals surface area contributed by atoms with Gasteiger partial charge >= 0.3 is 0 Å². The molecule has 0 heterocycles. The van der Waals surface area contributed by atoms with E-state index in [9.17, 15) is 0 Å². The molecule has 3 heteroatoms. The molecule has 0 aromatic carbocycles. The molecule has 0 aromatic heterocycles. The van der Waals surface area contributed by atoms with Crippen LogP contribution in [0.5, 0.6) is 0 Å². The average Bonchev–Trinajstić information content (AvgIpc) is 1.87. The van der Waals surface area contributed by atoms with Gasteiger partial charge in [-0.2, -0.15) is 0 Å². The van der Waals surface area contributed by atoms with Crippen molar-refractivity contribution in [3.8, 4) is 0 Å². The predicted molar refractivity (Wildman–Crippen MR) is 55.9 cm³/mol. The van der Waals surface area contributed by atoms with Crippen LogP contribution in [0.3, 0.4) is 0 Å². The van der Waals surface area contributed by atoms with Gasteiger partial charge in [0.15, 0.2) is 10.1 Å². The maximum absolute atomic E-state index is 5.04. The van der Waals surface area contributed by atoms with Gasteiger partial charge in [-0.15, -0.1) is 0 Å². The quantitative estimate of drug-likeness (QED) is 0.485. The predicted octanol–water partition coefficient (Wildman–Crippen LogP) is 2.81. The molecule has 0 saturated carbocycles. The Balaban J connectivity index is 4.07. The van der Waals surface area contributed by atoms with Gasteiger partial charge in [-0.25, -0.2) is 0 Å². The summed E-state index contributed by atoms with van der Waals surface area (Å²) in [7, 11) is 0. The minimum Gasteiger partial charge on any atom is -0.434 e. The van der Waals surface area contributed by atoms with Gasteiger partial charge in [-0.3, -0.25) is 0 Å².